The van der Waals surface area contributed by atoms with Crippen LogP contribution < -0.4 is 0 Å². The Bertz CT molecular complexity index is 1110. The molecule has 32 heavy (non-hydrogen) atoms. The highest BCUT2D eigenvalue weighted by molar-refractivity contribution is 9.10. The summed E-state index contributed by atoms with van der Waals surface area (Å²) >= 11 is 5.28. The first kappa shape index (κ1) is 24.7. The van der Waals surface area contributed by atoms with E-state index in [-0.39, 0.29) is 16.5 Å². The number of phenolic OH excluding ortho intramolecular Hbond substituents is 1. The summed E-state index contributed by atoms with van der Waals surface area (Å²) in [5.74, 6) is 0.0419. The van der Waals surface area contributed by atoms with E-state index in [1.54, 1.807) is 17.8 Å². The molecule has 6 heteroatoms. The number of carbonyl (C=O) groups excluding carboxylic acids is 1. The third kappa shape index (κ3) is 5.70. The van der Waals surface area contributed by atoms with Gasteiger partial charge in [0.1, 0.15) is 5.75 Å². The van der Waals surface area contributed by atoms with Crippen molar-refractivity contribution < 1.29 is 14.6 Å². The van der Waals surface area contributed by atoms with Crippen LogP contribution in [0.1, 0.15) is 52.8 Å². The molecule has 1 aromatic heterocycles. The highest BCUT2D eigenvalue weighted by Crippen LogP contribution is 2.44. The number of carbonyl (C=O) groups is 1. The summed E-state index contributed by atoms with van der Waals surface area (Å²) in [6, 6.07) is 13.8. The first-order chi connectivity index (χ1) is 14.9. The molecular weight excluding hydrogens is 486 g/mol. The Balaban J connectivity index is 2.22. The monoisotopic (exact) mass is 517 g/mol. The maximum atomic E-state index is 12.8. The van der Waals surface area contributed by atoms with Crippen molar-refractivity contribution in [2.45, 2.75) is 64.2 Å². The largest absolute Gasteiger partial charge is 0.508 e. The SMILES string of the molecule is CCOC(=O)C(C)(C)Cc1c(SC(C)(C)C)c2cc(O)ccc2n1Cc1ccc(Br)cc1. The Morgan fingerprint density at radius 1 is 1.09 bits per heavy atom. The average Bonchev–Trinajstić information content (AvgIpc) is 2.94. The molecule has 0 atom stereocenters. The number of aromatic hydroxyl groups is 1. The van der Waals surface area contributed by atoms with Crippen molar-refractivity contribution >= 4 is 44.6 Å². The van der Waals surface area contributed by atoms with Crippen LogP contribution in [-0.2, 0) is 22.5 Å². The van der Waals surface area contributed by atoms with Gasteiger partial charge in [-0.1, -0.05) is 48.8 Å². The summed E-state index contributed by atoms with van der Waals surface area (Å²) in [5, 5.41) is 11.3. The minimum absolute atomic E-state index is 0.0367. The van der Waals surface area contributed by atoms with E-state index in [0.29, 0.717) is 19.6 Å². The van der Waals surface area contributed by atoms with Crippen LogP contribution in [0.2, 0.25) is 0 Å². The standard InChI is InChI=1S/C26H32BrNO3S/c1-7-31-24(30)26(5,6)15-22-23(32-25(2,3)4)20-14-19(29)12-13-21(20)28(22)16-17-8-10-18(27)11-9-17/h8-14,29H,7,15-16H2,1-6H3. The molecule has 1 heterocycles. The van der Waals surface area contributed by atoms with Gasteiger partial charge < -0.3 is 14.4 Å². The molecule has 4 nitrogen and oxygen atoms in total. The normalized spacial score (nSPS) is 12.3. The van der Waals surface area contributed by atoms with Gasteiger partial charge in [-0.2, -0.15) is 0 Å². The summed E-state index contributed by atoms with van der Waals surface area (Å²) in [5.41, 5.74) is 2.62. The van der Waals surface area contributed by atoms with Gasteiger partial charge in [0.05, 0.1) is 12.0 Å². The summed E-state index contributed by atoms with van der Waals surface area (Å²) in [6.45, 7) is 13.3. The number of nitrogens with zero attached hydrogens (tertiary/aromatic N) is 1. The van der Waals surface area contributed by atoms with Gasteiger partial charge in [0.2, 0.25) is 0 Å². The summed E-state index contributed by atoms with van der Waals surface area (Å²) < 4.78 is 8.67. The number of esters is 1. The zero-order chi connectivity index (χ0) is 23.7. The number of thioether (sulfide) groups is 1. The van der Waals surface area contributed by atoms with E-state index in [2.05, 4.69) is 53.4 Å². The molecule has 172 valence electrons. The van der Waals surface area contributed by atoms with Crippen molar-refractivity contribution in [3.05, 3.63) is 58.2 Å². The van der Waals surface area contributed by atoms with Crippen LogP contribution in [-0.4, -0.2) is 27.0 Å². The lowest BCUT2D eigenvalue weighted by Gasteiger charge is -2.26. The van der Waals surface area contributed by atoms with Crippen LogP contribution >= 0.6 is 27.7 Å². The molecule has 0 spiro atoms. The van der Waals surface area contributed by atoms with E-state index in [4.69, 9.17) is 4.74 Å². The Kier molecular flexibility index (Phi) is 7.35. The van der Waals surface area contributed by atoms with Gasteiger partial charge in [0.15, 0.2) is 0 Å². The molecule has 0 saturated carbocycles. The van der Waals surface area contributed by atoms with Crippen molar-refractivity contribution in [1.29, 1.82) is 0 Å². The van der Waals surface area contributed by atoms with Crippen LogP contribution in [0.3, 0.4) is 0 Å². The topological polar surface area (TPSA) is 51.5 Å². The van der Waals surface area contributed by atoms with Crippen LogP contribution in [0.25, 0.3) is 10.9 Å². The van der Waals surface area contributed by atoms with Gasteiger partial charge >= 0.3 is 5.97 Å². The van der Waals surface area contributed by atoms with E-state index >= 15 is 0 Å². The fourth-order valence-electron chi connectivity index (χ4n) is 3.73. The van der Waals surface area contributed by atoms with Crippen molar-refractivity contribution in [3.8, 4) is 5.75 Å². The van der Waals surface area contributed by atoms with Crippen molar-refractivity contribution in [2.75, 3.05) is 6.61 Å². The molecule has 2 aromatic carbocycles. The zero-order valence-corrected chi connectivity index (χ0v) is 22.1. The van der Waals surface area contributed by atoms with Gasteiger partial charge in [0.25, 0.3) is 0 Å². The lowest BCUT2D eigenvalue weighted by Crippen LogP contribution is -2.30. The van der Waals surface area contributed by atoms with Gasteiger partial charge in [-0.25, -0.2) is 0 Å². The maximum absolute atomic E-state index is 12.8. The average molecular weight is 519 g/mol. The predicted molar refractivity (Wildman–Crippen MR) is 137 cm³/mol. The van der Waals surface area contributed by atoms with Crippen LogP contribution in [0, 0.1) is 5.41 Å². The molecule has 0 amide bonds. The highest BCUT2D eigenvalue weighted by atomic mass is 79.9. The molecule has 0 unspecified atom stereocenters. The third-order valence-corrected chi connectivity index (χ3v) is 7.00. The number of ether oxygens (including phenoxy) is 1. The quantitative estimate of drug-likeness (QED) is 0.266. The van der Waals surface area contributed by atoms with Crippen molar-refractivity contribution in [1.82, 2.24) is 4.57 Å². The fraction of sp³-hybridized carbons (Fsp3) is 0.423. The van der Waals surface area contributed by atoms with Gasteiger partial charge in [0, 0.05) is 43.7 Å². The Hall–Kier alpha value is -1.92. The molecule has 3 aromatic rings. The molecule has 0 radical (unpaired) electrons. The summed E-state index contributed by atoms with van der Waals surface area (Å²) in [7, 11) is 0. The third-order valence-electron chi connectivity index (χ3n) is 5.20. The van der Waals surface area contributed by atoms with E-state index in [1.807, 2.05) is 45.0 Å². The number of rotatable bonds is 7. The van der Waals surface area contributed by atoms with E-state index < -0.39 is 5.41 Å². The number of halogens is 1. The highest BCUT2D eigenvalue weighted by Gasteiger charge is 2.34. The van der Waals surface area contributed by atoms with Crippen LogP contribution in [0.15, 0.2) is 51.8 Å². The minimum atomic E-state index is -0.683. The first-order valence-electron chi connectivity index (χ1n) is 10.9. The molecule has 1 N–H and O–H groups in total. The van der Waals surface area contributed by atoms with E-state index in [1.165, 1.54) is 5.56 Å². The van der Waals surface area contributed by atoms with E-state index in [0.717, 1.165) is 26.0 Å². The summed E-state index contributed by atoms with van der Waals surface area (Å²) in [6.07, 6.45) is 0.538. The second kappa shape index (κ2) is 9.52. The predicted octanol–water partition coefficient (Wildman–Crippen LogP) is 7.18. The Labute approximate surface area is 203 Å². The second-order valence-electron chi connectivity index (χ2n) is 9.69. The molecule has 0 saturated heterocycles. The molecule has 0 fully saturated rings. The van der Waals surface area contributed by atoms with E-state index in [9.17, 15) is 9.90 Å². The smallest absolute Gasteiger partial charge is 0.311 e. The number of benzene rings is 2. The molecule has 0 aliphatic carbocycles. The molecule has 3 rings (SSSR count). The molecule has 0 aliphatic heterocycles. The number of phenols is 1. The summed E-state index contributed by atoms with van der Waals surface area (Å²) in [4.78, 5) is 13.9. The van der Waals surface area contributed by atoms with Crippen LogP contribution in [0.4, 0.5) is 0 Å². The molecule has 0 bridgehead atoms. The van der Waals surface area contributed by atoms with Gasteiger partial charge in [-0.3, -0.25) is 4.79 Å². The van der Waals surface area contributed by atoms with Gasteiger partial charge in [-0.05, 0) is 56.7 Å². The molecule has 0 aliphatic rings. The van der Waals surface area contributed by atoms with Crippen molar-refractivity contribution in [2.24, 2.45) is 5.41 Å². The molecular formula is C26H32BrNO3S. The maximum Gasteiger partial charge on any atom is 0.311 e. The number of hydrogen-bond acceptors (Lipinski definition) is 4. The lowest BCUT2D eigenvalue weighted by atomic mass is 9.87. The number of aromatic nitrogens is 1. The minimum Gasteiger partial charge on any atom is -0.508 e. The van der Waals surface area contributed by atoms with Gasteiger partial charge in [-0.15, -0.1) is 11.8 Å². The van der Waals surface area contributed by atoms with Crippen LogP contribution in [0.5, 0.6) is 5.75 Å². The fourth-order valence-corrected chi connectivity index (χ4v) is 5.18. The lowest BCUT2D eigenvalue weighted by molar-refractivity contribution is -0.153. The Morgan fingerprint density at radius 3 is 2.34 bits per heavy atom. The van der Waals surface area contributed by atoms with Crippen molar-refractivity contribution in [3.63, 3.8) is 0 Å². The second-order valence-corrected chi connectivity index (χ2v) is 12.4. The number of fused-ring (bicyclic) bond motifs is 1. The Morgan fingerprint density at radius 2 is 1.75 bits per heavy atom. The number of hydrogen-bond donors (Lipinski definition) is 1. The first-order valence-corrected chi connectivity index (χ1v) is 12.5. The zero-order valence-electron chi connectivity index (χ0n) is 19.7.